The van der Waals surface area contributed by atoms with E-state index >= 15 is 0 Å². The highest BCUT2D eigenvalue weighted by Crippen LogP contribution is 2.07. The number of nitrogens with one attached hydrogen (secondary N) is 2. The first kappa shape index (κ1) is 14.7. The number of hydrogen-bond donors (Lipinski definition) is 4. The molecule has 0 bridgehead atoms. The molecule has 6 heteroatoms. The Hall–Kier alpha value is -1.30. The largest absolute Gasteiger partial charge is 0.396 e. The van der Waals surface area contributed by atoms with Crippen molar-refractivity contribution in [3.05, 3.63) is 0 Å². The lowest BCUT2D eigenvalue weighted by Gasteiger charge is -2.22. The van der Waals surface area contributed by atoms with Crippen molar-refractivity contribution in [3.63, 3.8) is 0 Å². The molecule has 0 rings (SSSR count). The molecule has 0 saturated carbocycles. The van der Waals surface area contributed by atoms with Gasteiger partial charge in [0.2, 0.25) is 5.91 Å². The molecule has 0 spiro atoms. The second kappa shape index (κ2) is 7.92. The van der Waals surface area contributed by atoms with E-state index in [4.69, 9.17) is 10.8 Å². The van der Waals surface area contributed by atoms with Crippen LogP contribution in [-0.2, 0) is 4.79 Å². The average Bonchev–Trinajstić information content (AvgIpc) is 2.24. The maximum atomic E-state index is 11.7. The SMILES string of the molecule is CCC(C)C(NC(N)=O)C(=O)NCCCO. The van der Waals surface area contributed by atoms with Crippen LogP contribution in [0.3, 0.4) is 0 Å². The van der Waals surface area contributed by atoms with Crippen LogP contribution in [-0.4, -0.2) is 36.2 Å². The van der Waals surface area contributed by atoms with Gasteiger partial charge in [-0.3, -0.25) is 4.79 Å². The number of urea groups is 1. The third-order valence-corrected chi connectivity index (χ3v) is 2.43. The van der Waals surface area contributed by atoms with Crippen LogP contribution in [0, 0.1) is 5.92 Å². The van der Waals surface area contributed by atoms with E-state index in [2.05, 4.69) is 10.6 Å². The number of hydrogen-bond acceptors (Lipinski definition) is 3. The first-order valence-electron chi connectivity index (χ1n) is 5.47. The minimum absolute atomic E-state index is 0.0154. The van der Waals surface area contributed by atoms with Crippen molar-refractivity contribution in [1.82, 2.24) is 10.6 Å². The Labute approximate surface area is 95.6 Å². The van der Waals surface area contributed by atoms with Crippen LogP contribution in [0.25, 0.3) is 0 Å². The number of amides is 3. The predicted octanol–water partition coefficient (Wildman–Crippen LogP) is -0.432. The zero-order chi connectivity index (χ0) is 12.6. The molecule has 5 N–H and O–H groups in total. The average molecular weight is 231 g/mol. The molecule has 0 aliphatic rings. The third-order valence-electron chi connectivity index (χ3n) is 2.43. The summed E-state index contributed by atoms with van der Waals surface area (Å²) in [6, 6.07) is -1.32. The van der Waals surface area contributed by atoms with Gasteiger partial charge in [-0.2, -0.15) is 0 Å². The number of carbonyl (C=O) groups excluding carboxylic acids is 2. The third kappa shape index (κ3) is 5.55. The van der Waals surface area contributed by atoms with Crippen molar-refractivity contribution in [2.75, 3.05) is 13.2 Å². The minimum Gasteiger partial charge on any atom is -0.396 e. The Balaban J connectivity index is 4.26. The Morgan fingerprint density at radius 3 is 2.50 bits per heavy atom. The molecule has 3 amide bonds. The van der Waals surface area contributed by atoms with Crippen LogP contribution < -0.4 is 16.4 Å². The standard InChI is InChI=1S/C10H21N3O3/c1-3-7(2)8(13-10(11)16)9(15)12-5-4-6-14/h7-8,14H,3-6H2,1-2H3,(H,12,15)(H3,11,13,16). The molecule has 94 valence electrons. The Bertz CT molecular complexity index is 233. The molecule has 0 aromatic rings. The number of carbonyl (C=O) groups is 2. The van der Waals surface area contributed by atoms with Crippen LogP contribution in [0.1, 0.15) is 26.7 Å². The first-order valence-corrected chi connectivity index (χ1v) is 5.47. The van der Waals surface area contributed by atoms with Crippen LogP contribution in [0.2, 0.25) is 0 Å². The van der Waals surface area contributed by atoms with Crippen molar-refractivity contribution >= 4 is 11.9 Å². The van der Waals surface area contributed by atoms with Crippen LogP contribution in [0.15, 0.2) is 0 Å². The number of primary amides is 1. The van der Waals surface area contributed by atoms with Crippen molar-refractivity contribution in [3.8, 4) is 0 Å². The van der Waals surface area contributed by atoms with Crippen molar-refractivity contribution in [1.29, 1.82) is 0 Å². The molecule has 0 heterocycles. The summed E-state index contributed by atoms with van der Waals surface area (Å²) in [5, 5.41) is 13.6. The predicted molar refractivity (Wildman–Crippen MR) is 60.7 cm³/mol. The molecule has 16 heavy (non-hydrogen) atoms. The second-order valence-corrected chi connectivity index (χ2v) is 3.74. The lowest BCUT2D eigenvalue weighted by atomic mass is 9.98. The summed E-state index contributed by atoms with van der Waals surface area (Å²) < 4.78 is 0. The molecule has 2 atom stereocenters. The molecule has 0 saturated heterocycles. The van der Waals surface area contributed by atoms with Gasteiger partial charge in [-0.1, -0.05) is 20.3 Å². The molecule has 0 fully saturated rings. The quantitative estimate of drug-likeness (QED) is 0.447. The summed E-state index contributed by atoms with van der Waals surface area (Å²) >= 11 is 0. The van der Waals surface area contributed by atoms with E-state index in [1.807, 2.05) is 13.8 Å². The summed E-state index contributed by atoms with van der Waals surface area (Å²) in [7, 11) is 0. The van der Waals surface area contributed by atoms with Gasteiger partial charge in [0.1, 0.15) is 6.04 Å². The highest BCUT2D eigenvalue weighted by atomic mass is 16.3. The van der Waals surface area contributed by atoms with E-state index < -0.39 is 12.1 Å². The zero-order valence-electron chi connectivity index (χ0n) is 9.82. The highest BCUT2D eigenvalue weighted by Gasteiger charge is 2.24. The van der Waals surface area contributed by atoms with Gasteiger partial charge < -0.3 is 21.5 Å². The molecule has 0 aliphatic heterocycles. The van der Waals surface area contributed by atoms with Gasteiger partial charge in [-0.25, -0.2) is 4.79 Å². The van der Waals surface area contributed by atoms with Crippen LogP contribution in [0.5, 0.6) is 0 Å². The summed E-state index contributed by atoms with van der Waals surface area (Å²) in [5.74, 6) is -0.247. The van der Waals surface area contributed by atoms with Crippen molar-refractivity contribution in [2.45, 2.75) is 32.7 Å². The maximum Gasteiger partial charge on any atom is 0.312 e. The van der Waals surface area contributed by atoms with Crippen LogP contribution in [0.4, 0.5) is 4.79 Å². The molecular weight excluding hydrogens is 210 g/mol. The van der Waals surface area contributed by atoms with Crippen molar-refractivity contribution in [2.24, 2.45) is 11.7 Å². The normalized spacial score (nSPS) is 13.9. The molecule has 0 aromatic heterocycles. The minimum atomic E-state index is -0.706. The summed E-state index contributed by atoms with van der Waals surface area (Å²) in [5.41, 5.74) is 5.01. The number of aliphatic hydroxyl groups excluding tert-OH is 1. The number of aliphatic hydroxyl groups is 1. The Morgan fingerprint density at radius 2 is 2.06 bits per heavy atom. The van der Waals surface area contributed by atoms with E-state index in [1.165, 1.54) is 0 Å². The fraction of sp³-hybridized carbons (Fsp3) is 0.800. The van der Waals surface area contributed by atoms with Gasteiger partial charge in [0.15, 0.2) is 0 Å². The van der Waals surface area contributed by atoms with E-state index in [0.717, 1.165) is 6.42 Å². The Kier molecular flexibility index (Phi) is 7.28. The van der Waals surface area contributed by atoms with Gasteiger partial charge in [0.05, 0.1) is 0 Å². The molecule has 0 aliphatic carbocycles. The van der Waals surface area contributed by atoms with Gasteiger partial charge >= 0.3 is 6.03 Å². The molecule has 6 nitrogen and oxygen atoms in total. The second-order valence-electron chi connectivity index (χ2n) is 3.74. The fourth-order valence-corrected chi connectivity index (χ4v) is 1.26. The molecule has 0 radical (unpaired) electrons. The summed E-state index contributed by atoms with van der Waals surface area (Å²) in [6.07, 6.45) is 1.26. The topological polar surface area (TPSA) is 104 Å². The van der Waals surface area contributed by atoms with Gasteiger partial charge in [-0.05, 0) is 12.3 Å². The fourth-order valence-electron chi connectivity index (χ4n) is 1.26. The van der Waals surface area contributed by atoms with Gasteiger partial charge in [0, 0.05) is 13.2 Å². The molecular formula is C10H21N3O3. The van der Waals surface area contributed by atoms with Gasteiger partial charge in [-0.15, -0.1) is 0 Å². The first-order chi connectivity index (χ1) is 7.52. The van der Waals surface area contributed by atoms with E-state index in [-0.39, 0.29) is 18.4 Å². The Morgan fingerprint density at radius 1 is 1.44 bits per heavy atom. The molecule has 0 aromatic carbocycles. The highest BCUT2D eigenvalue weighted by molar-refractivity contribution is 5.86. The lowest BCUT2D eigenvalue weighted by Crippen LogP contribution is -2.52. The monoisotopic (exact) mass is 231 g/mol. The number of rotatable bonds is 7. The maximum absolute atomic E-state index is 11.7. The van der Waals surface area contributed by atoms with Crippen molar-refractivity contribution < 1.29 is 14.7 Å². The lowest BCUT2D eigenvalue weighted by molar-refractivity contribution is -0.124. The summed E-state index contributed by atoms with van der Waals surface area (Å²) in [6.45, 7) is 4.22. The van der Waals surface area contributed by atoms with Crippen LogP contribution >= 0.6 is 0 Å². The smallest absolute Gasteiger partial charge is 0.312 e. The summed E-state index contributed by atoms with van der Waals surface area (Å²) in [4.78, 5) is 22.4. The van der Waals surface area contributed by atoms with E-state index in [1.54, 1.807) is 0 Å². The van der Waals surface area contributed by atoms with E-state index in [0.29, 0.717) is 13.0 Å². The van der Waals surface area contributed by atoms with E-state index in [9.17, 15) is 9.59 Å². The van der Waals surface area contributed by atoms with Gasteiger partial charge in [0.25, 0.3) is 0 Å². The number of nitrogens with two attached hydrogens (primary N) is 1. The zero-order valence-corrected chi connectivity index (χ0v) is 9.82. The molecule has 2 unspecified atom stereocenters.